The number of hydrogen-bond donors (Lipinski definition) is 1. The van der Waals surface area contributed by atoms with Crippen molar-refractivity contribution < 1.29 is 35.9 Å². The Balaban J connectivity index is 1.65. The number of piperazine rings is 1. The lowest BCUT2D eigenvalue weighted by atomic mass is 10.0. The highest BCUT2D eigenvalue weighted by molar-refractivity contribution is 5.57. The standard InChI is InChI=1S/C25H25F6N7O2/c1-36(2)19-8-6-16(7-9-19)20-13-37(10-11-38(20)15-39)22-33-21(34-23(35-22)40-14-24(26,27)28)32-18-5-3-4-17(12-18)25(29,30)31/h3-9,12,15,20H,10-11,13-14H2,1-2H3,(H,32,33,34,35). The minimum atomic E-state index is -4.68. The van der Waals surface area contributed by atoms with Gasteiger partial charge in [-0.25, -0.2) is 0 Å². The average Bonchev–Trinajstić information content (AvgIpc) is 2.91. The highest BCUT2D eigenvalue weighted by atomic mass is 19.4. The largest absolute Gasteiger partial charge is 0.454 e. The second-order valence-corrected chi connectivity index (χ2v) is 9.14. The number of alkyl halides is 6. The quantitative estimate of drug-likeness (QED) is 0.310. The van der Waals surface area contributed by atoms with Gasteiger partial charge in [0.2, 0.25) is 18.3 Å². The van der Waals surface area contributed by atoms with Gasteiger partial charge in [0.05, 0.1) is 11.6 Å². The molecule has 1 unspecified atom stereocenters. The van der Waals surface area contributed by atoms with Gasteiger partial charge >= 0.3 is 18.4 Å². The molecule has 1 N–H and O–H groups in total. The van der Waals surface area contributed by atoms with Crippen molar-refractivity contribution in [1.82, 2.24) is 19.9 Å². The summed E-state index contributed by atoms with van der Waals surface area (Å²) in [5, 5.41) is 2.59. The van der Waals surface area contributed by atoms with E-state index in [-0.39, 0.29) is 37.2 Å². The van der Waals surface area contributed by atoms with Crippen LogP contribution in [0.1, 0.15) is 17.2 Å². The van der Waals surface area contributed by atoms with Crippen molar-refractivity contribution in [2.45, 2.75) is 18.4 Å². The molecule has 1 saturated heterocycles. The van der Waals surface area contributed by atoms with Crippen LogP contribution in [0, 0.1) is 0 Å². The van der Waals surface area contributed by atoms with Gasteiger partial charge in [-0.2, -0.15) is 41.3 Å². The summed E-state index contributed by atoms with van der Waals surface area (Å²) in [4.78, 5) is 29.0. The summed E-state index contributed by atoms with van der Waals surface area (Å²) in [6.45, 7) is -1.01. The van der Waals surface area contributed by atoms with Gasteiger partial charge in [-0.15, -0.1) is 0 Å². The van der Waals surface area contributed by atoms with Gasteiger partial charge < -0.3 is 24.8 Å². The van der Waals surface area contributed by atoms with Crippen molar-refractivity contribution in [3.8, 4) is 6.01 Å². The van der Waals surface area contributed by atoms with Crippen molar-refractivity contribution in [3.63, 3.8) is 0 Å². The Morgan fingerprint density at radius 2 is 1.75 bits per heavy atom. The third-order valence-corrected chi connectivity index (χ3v) is 6.05. The van der Waals surface area contributed by atoms with E-state index in [1.54, 1.807) is 9.80 Å². The Bertz CT molecular complexity index is 1320. The molecule has 0 bridgehead atoms. The van der Waals surface area contributed by atoms with Crippen LogP contribution in [0.5, 0.6) is 6.01 Å². The summed E-state index contributed by atoms with van der Waals surface area (Å²) in [5.74, 6) is -0.381. The van der Waals surface area contributed by atoms with Crippen LogP contribution < -0.4 is 19.9 Å². The normalized spacial score (nSPS) is 16.1. The Morgan fingerprint density at radius 1 is 1.02 bits per heavy atom. The zero-order valence-corrected chi connectivity index (χ0v) is 21.4. The molecule has 1 aliphatic rings. The first-order chi connectivity index (χ1) is 18.8. The van der Waals surface area contributed by atoms with E-state index >= 15 is 0 Å². The van der Waals surface area contributed by atoms with Crippen molar-refractivity contribution in [2.75, 3.05) is 55.5 Å². The van der Waals surface area contributed by atoms with Gasteiger partial charge in [0.1, 0.15) is 0 Å². The number of nitrogens with zero attached hydrogens (tertiary/aromatic N) is 6. The molecule has 9 nitrogen and oxygen atoms in total. The first-order valence-corrected chi connectivity index (χ1v) is 12.0. The van der Waals surface area contributed by atoms with Crippen LogP contribution in [-0.2, 0) is 11.0 Å². The third-order valence-electron chi connectivity index (χ3n) is 6.05. The lowest BCUT2D eigenvalue weighted by Gasteiger charge is -2.39. The summed E-state index contributed by atoms with van der Waals surface area (Å²) in [7, 11) is 3.78. The predicted molar refractivity (Wildman–Crippen MR) is 135 cm³/mol. The smallest absolute Gasteiger partial charge is 0.422 e. The number of carbonyl (C=O) groups is 1. The number of benzene rings is 2. The molecular weight excluding hydrogens is 544 g/mol. The number of amides is 1. The molecule has 2 aromatic carbocycles. The fourth-order valence-electron chi connectivity index (χ4n) is 4.05. The van der Waals surface area contributed by atoms with Gasteiger partial charge in [-0.05, 0) is 35.9 Å². The molecule has 4 rings (SSSR count). The topological polar surface area (TPSA) is 86.7 Å². The molecule has 15 heteroatoms. The van der Waals surface area contributed by atoms with Crippen molar-refractivity contribution in [2.24, 2.45) is 0 Å². The highest BCUT2D eigenvalue weighted by Crippen LogP contribution is 2.32. The van der Waals surface area contributed by atoms with Crippen molar-refractivity contribution >= 4 is 29.7 Å². The van der Waals surface area contributed by atoms with Gasteiger partial charge in [0.25, 0.3) is 0 Å². The first-order valence-electron chi connectivity index (χ1n) is 12.0. The second-order valence-electron chi connectivity index (χ2n) is 9.14. The number of carbonyl (C=O) groups excluding carboxylic acids is 1. The summed E-state index contributed by atoms with van der Waals surface area (Å²) in [5.41, 5.74) is 0.780. The van der Waals surface area contributed by atoms with Gasteiger partial charge in [-0.3, -0.25) is 4.79 Å². The first kappa shape index (κ1) is 28.7. The number of nitrogens with one attached hydrogen (secondary N) is 1. The SMILES string of the molecule is CN(C)c1ccc(C2CN(c3nc(Nc4cccc(C(F)(F)F)c4)nc(OCC(F)(F)F)n3)CCN2C=O)cc1. The molecule has 2 heterocycles. The van der Waals surface area contributed by atoms with Crippen LogP contribution in [0.15, 0.2) is 48.5 Å². The molecule has 3 aromatic rings. The van der Waals surface area contributed by atoms with Gasteiger partial charge in [-0.1, -0.05) is 18.2 Å². The summed E-state index contributed by atoms with van der Waals surface area (Å²) in [6.07, 6.45) is -8.57. The maximum absolute atomic E-state index is 13.2. The van der Waals surface area contributed by atoms with Crippen LogP contribution in [0.4, 0.5) is 49.6 Å². The Kier molecular flexibility index (Phi) is 8.21. The van der Waals surface area contributed by atoms with E-state index in [2.05, 4.69) is 20.3 Å². The zero-order valence-electron chi connectivity index (χ0n) is 21.4. The molecule has 40 heavy (non-hydrogen) atoms. The Labute approximate surface area is 225 Å². The fourth-order valence-corrected chi connectivity index (χ4v) is 4.05. The van der Waals surface area contributed by atoms with Crippen LogP contribution in [0.25, 0.3) is 0 Å². The van der Waals surface area contributed by atoms with Crippen LogP contribution >= 0.6 is 0 Å². The molecule has 0 aliphatic carbocycles. The van der Waals surface area contributed by atoms with Crippen LogP contribution in [0.2, 0.25) is 0 Å². The molecule has 1 aliphatic heterocycles. The van der Waals surface area contributed by atoms with Gasteiger partial charge in [0, 0.05) is 45.1 Å². The maximum Gasteiger partial charge on any atom is 0.422 e. The van der Waals surface area contributed by atoms with Crippen LogP contribution in [-0.4, -0.2) is 72.8 Å². The number of hydrogen-bond acceptors (Lipinski definition) is 8. The summed E-state index contributed by atoms with van der Waals surface area (Å²) >= 11 is 0. The minimum Gasteiger partial charge on any atom is -0.454 e. The molecule has 214 valence electrons. The molecule has 0 saturated carbocycles. The fraction of sp³-hybridized carbons (Fsp3) is 0.360. The number of rotatable bonds is 8. The van der Waals surface area contributed by atoms with Crippen LogP contribution in [0.3, 0.4) is 0 Å². The molecule has 1 atom stereocenters. The molecule has 1 aromatic heterocycles. The number of halogens is 6. The second kappa shape index (κ2) is 11.4. The molecular formula is C25H25F6N7O2. The van der Waals surface area contributed by atoms with E-state index in [0.29, 0.717) is 6.41 Å². The van der Waals surface area contributed by atoms with Crippen molar-refractivity contribution in [1.29, 1.82) is 0 Å². The maximum atomic E-state index is 13.2. The molecule has 1 fully saturated rings. The van der Waals surface area contributed by atoms with E-state index in [0.717, 1.165) is 23.4 Å². The van der Waals surface area contributed by atoms with Gasteiger partial charge in [0.15, 0.2) is 6.61 Å². The lowest BCUT2D eigenvalue weighted by Crippen LogP contribution is -2.48. The molecule has 0 spiro atoms. The molecule has 0 radical (unpaired) electrons. The van der Waals surface area contributed by atoms with E-state index in [1.807, 2.05) is 43.3 Å². The van der Waals surface area contributed by atoms with Crippen molar-refractivity contribution in [3.05, 3.63) is 59.7 Å². The highest BCUT2D eigenvalue weighted by Gasteiger charge is 2.32. The Morgan fingerprint density at radius 3 is 2.38 bits per heavy atom. The van der Waals surface area contributed by atoms with E-state index in [4.69, 9.17) is 4.74 Å². The third kappa shape index (κ3) is 7.21. The minimum absolute atomic E-state index is 0.0432. The van der Waals surface area contributed by atoms with E-state index in [9.17, 15) is 31.1 Å². The average molecular weight is 570 g/mol. The monoisotopic (exact) mass is 569 g/mol. The number of anilines is 4. The van der Waals surface area contributed by atoms with E-state index in [1.165, 1.54) is 12.1 Å². The number of ether oxygens (including phenoxy) is 1. The summed E-state index contributed by atoms with van der Waals surface area (Å²) in [6, 6.07) is 10.6. The zero-order chi connectivity index (χ0) is 29.1. The summed E-state index contributed by atoms with van der Waals surface area (Å²) < 4.78 is 82.7. The number of aromatic nitrogens is 3. The lowest BCUT2D eigenvalue weighted by molar-refractivity contribution is -0.154. The Hall–Kier alpha value is -4.30. The molecule has 1 amide bonds. The predicted octanol–water partition coefficient (Wildman–Crippen LogP) is 4.66. The van der Waals surface area contributed by atoms with E-state index < -0.39 is 36.6 Å².